The molecule has 15 heavy (non-hydrogen) atoms. The van der Waals surface area contributed by atoms with Crippen LogP contribution < -0.4 is 0 Å². The Hall–Kier alpha value is -0.150. The van der Waals surface area contributed by atoms with Crippen molar-refractivity contribution in [3.05, 3.63) is 10.0 Å². The zero-order valence-corrected chi connectivity index (χ0v) is 10.7. The van der Waals surface area contributed by atoms with E-state index >= 15 is 0 Å². The fourth-order valence-electron chi connectivity index (χ4n) is 2.23. The van der Waals surface area contributed by atoms with Gasteiger partial charge in [0.1, 0.15) is 10.0 Å². The lowest BCUT2D eigenvalue weighted by Crippen LogP contribution is -2.24. The van der Waals surface area contributed by atoms with E-state index in [4.69, 9.17) is 11.6 Å². The van der Waals surface area contributed by atoms with Crippen LogP contribution in [0.15, 0.2) is 0 Å². The van der Waals surface area contributed by atoms with Gasteiger partial charge in [0.25, 0.3) is 0 Å². The number of nitrogens with zero attached hydrogens (tertiary/aromatic N) is 2. The van der Waals surface area contributed by atoms with Crippen LogP contribution in [0.4, 0.5) is 0 Å². The first-order chi connectivity index (χ1) is 7.24. The second kappa shape index (κ2) is 4.79. The molecular weight excluding hydrogens is 228 g/mol. The van der Waals surface area contributed by atoms with Crippen LogP contribution in [0.25, 0.3) is 0 Å². The minimum Gasteiger partial charge on any atom is -0.143 e. The van der Waals surface area contributed by atoms with Crippen molar-refractivity contribution in [2.24, 2.45) is 0 Å². The standard InChI is InChI=1S/C11H17ClN2S/c1-11(6-3-2-4-7-11)10-14-13-9(15-10)5-8-12/h2-8H2,1H3. The van der Waals surface area contributed by atoms with Crippen molar-refractivity contribution >= 4 is 22.9 Å². The van der Waals surface area contributed by atoms with E-state index in [0.717, 1.165) is 11.4 Å². The first-order valence-electron chi connectivity index (χ1n) is 5.63. The average molecular weight is 245 g/mol. The van der Waals surface area contributed by atoms with Gasteiger partial charge in [0, 0.05) is 17.7 Å². The highest BCUT2D eigenvalue weighted by atomic mass is 35.5. The summed E-state index contributed by atoms with van der Waals surface area (Å²) in [6, 6.07) is 0. The molecule has 1 fully saturated rings. The predicted molar refractivity (Wildman–Crippen MR) is 64.8 cm³/mol. The van der Waals surface area contributed by atoms with Gasteiger partial charge >= 0.3 is 0 Å². The molecule has 1 aliphatic rings. The molecule has 0 saturated heterocycles. The average Bonchev–Trinajstić information content (AvgIpc) is 2.69. The molecule has 0 bridgehead atoms. The van der Waals surface area contributed by atoms with Gasteiger partial charge < -0.3 is 0 Å². The molecule has 1 aromatic rings. The van der Waals surface area contributed by atoms with Crippen LogP contribution >= 0.6 is 22.9 Å². The second-order valence-corrected chi connectivity index (χ2v) is 6.00. The Kier molecular flexibility index (Phi) is 3.62. The Balaban J connectivity index is 2.12. The van der Waals surface area contributed by atoms with Crippen molar-refractivity contribution < 1.29 is 0 Å². The molecule has 1 aliphatic carbocycles. The van der Waals surface area contributed by atoms with Gasteiger partial charge in [0.15, 0.2) is 0 Å². The highest BCUT2D eigenvalue weighted by molar-refractivity contribution is 7.11. The van der Waals surface area contributed by atoms with E-state index in [1.54, 1.807) is 11.3 Å². The molecule has 0 amide bonds. The third-order valence-corrected chi connectivity index (χ3v) is 4.73. The maximum absolute atomic E-state index is 5.70. The number of alkyl halides is 1. The molecule has 4 heteroatoms. The largest absolute Gasteiger partial charge is 0.143 e. The van der Waals surface area contributed by atoms with Crippen molar-refractivity contribution in [2.45, 2.75) is 50.9 Å². The molecule has 0 atom stereocenters. The Labute approximate surface area is 100 Å². The quantitative estimate of drug-likeness (QED) is 0.760. The van der Waals surface area contributed by atoms with E-state index < -0.39 is 0 Å². The summed E-state index contributed by atoms with van der Waals surface area (Å²) in [5.41, 5.74) is 0.292. The maximum Gasteiger partial charge on any atom is 0.123 e. The molecule has 0 N–H and O–H groups in total. The van der Waals surface area contributed by atoms with Gasteiger partial charge in [-0.25, -0.2) is 0 Å². The lowest BCUT2D eigenvalue weighted by atomic mass is 9.76. The minimum atomic E-state index is 0.292. The summed E-state index contributed by atoms with van der Waals surface area (Å²) < 4.78 is 0. The van der Waals surface area contributed by atoms with Crippen LogP contribution in [0.3, 0.4) is 0 Å². The van der Waals surface area contributed by atoms with E-state index in [2.05, 4.69) is 17.1 Å². The van der Waals surface area contributed by atoms with Crippen LogP contribution in [0.2, 0.25) is 0 Å². The van der Waals surface area contributed by atoms with Gasteiger partial charge in [-0.1, -0.05) is 26.2 Å². The minimum absolute atomic E-state index is 0.292. The first-order valence-corrected chi connectivity index (χ1v) is 6.98. The fraction of sp³-hybridized carbons (Fsp3) is 0.818. The Morgan fingerprint density at radius 1 is 1.27 bits per heavy atom. The summed E-state index contributed by atoms with van der Waals surface area (Å²) in [4.78, 5) is 0. The topological polar surface area (TPSA) is 25.8 Å². The van der Waals surface area contributed by atoms with Crippen molar-refractivity contribution in [3.63, 3.8) is 0 Å². The number of rotatable bonds is 3. The van der Waals surface area contributed by atoms with Crippen LogP contribution in [-0.2, 0) is 11.8 Å². The van der Waals surface area contributed by atoms with E-state index in [-0.39, 0.29) is 0 Å². The van der Waals surface area contributed by atoms with Crippen molar-refractivity contribution in [3.8, 4) is 0 Å². The fourth-order valence-corrected chi connectivity index (χ4v) is 3.56. The molecule has 2 rings (SSSR count). The Morgan fingerprint density at radius 3 is 2.67 bits per heavy atom. The predicted octanol–water partition coefficient (Wildman–Crippen LogP) is 3.54. The van der Waals surface area contributed by atoms with E-state index in [1.807, 2.05) is 0 Å². The molecule has 0 spiro atoms. The highest BCUT2D eigenvalue weighted by Crippen LogP contribution is 2.40. The third-order valence-electron chi connectivity index (χ3n) is 3.25. The number of halogens is 1. The van der Waals surface area contributed by atoms with Crippen LogP contribution in [0.1, 0.15) is 49.0 Å². The number of hydrogen-bond donors (Lipinski definition) is 0. The molecule has 1 heterocycles. The number of hydrogen-bond acceptors (Lipinski definition) is 3. The molecule has 0 aliphatic heterocycles. The first kappa shape index (κ1) is 11.3. The lowest BCUT2D eigenvalue weighted by molar-refractivity contribution is 0.317. The molecule has 0 radical (unpaired) electrons. The monoisotopic (exact) mass is 244 g/mol. The lowest BCUT2D eigenvalue weighted by Gasteiger charge is -2.30. The number of aryl methyl sites for hydroxylation is 1. The van der Waals surface area contributed by atoms with Gasteiger partial charge in [-0.3, -0.25) is 0 Å². The Morgan fingerprint density at radius 2 is 2.00 bits per heavy atom. The summed E-state index contributed by atoms with van der Waals surface area (Å²) in [6.07, 6.45) is 7.44. The second-order valence-electron chi connectivity index (χ2n) is 4.56. The summed E-state index contributed by atoms with van der Waals surface area (Å²) in [5, 5.41) is 10.9. The normalized spacial score (nSPS) is 20.4. The molecular formula is C11H17ClN2S. The van der Waals surface area contributed by atoms with Crippen LogP contribution in [0, 0.1) is 0 Å². The van der Waals surface area contributed by atoms with E-state index in [1.165, 1.54) is 37.1 Å². The van der Waals surface area contributed by atoms with Gasteiger partial charge in [-0.2, -0.15) is 0 Å². The summed E-state index contributed by atoms with van der Waals surface area (Å²) >= 11 is 7.46. The summed E-state index contributed by atoms with van der Waals surface area (Å²) in [6.45, 7) is 2.33. The van der Waals surface area contributed by atoms with Crippen molar-refractivity contribution in [1.29, 1.82) is 0 Å². The van der Waals surface area contributed by atoms with Crippen LogP contribution in [-0.4, -0.2) is 16.1 Å². The SMILES string of the molecule is CC1(c2nnc(CCCl)s2)CCCCC1. The van der Waals surface area contributed by atoms with E-state index in [0.29, 0.717) is 11.3 Å². The van der Waals surface area contributed by atoms with Gasteiger partial charge in [-0.05, 0) is 12.8 Å². The molecule has 1 aromatic heterocycles. The molecule has 0 aromatic carbocycles. The summed E-state index contributed by atoms with van der Waals surface area (Å²) in [7, 11) is 0. The molecule has 1 saturated carbocycles. The van der Waals surface area contributed by atoms with Crippen molar-refractivity contribution in [2.75, 3.05) is 5.88 Å². The van der Waals surface area contributed by atoms with Gasteiger partial charge in [0.05, 0.1) is 0 Å². The molecule has 0 unspecified atom stereocenters. The van der Waals surface area contributed by atoms with Gasteiger partial charge in [0.2, 0.25) is 0 Å². The molecule has 2 nitrogen and oxygen atoms in total. The zero-order chi connectivity index (χ0) is 10.7. The highest BCUT2D eigenvalue weighted by Gasteiger charge is 2.32. The zero-order valence-electron chi connectivity index (χ0n) is 9.13. The van der Waals surface area contributed by atoms with Crippen molar-refractivity contribution in [1.82, 2.24) is 10.2 Å². The smallest absolute Gasteiger partial charge is 0.123 e. The van der Waals surface area contributed by atoms with Crippen LogP contribution in [0.5, 0.6) is 0 Å². The third kappa shape index (κ3) is 2.51. The summed E-state index contributed by atoms with van der Waals surface area (Å²) in [5.74, 6) is 0.644. The van der Waals surface area contributed by atoms with E-state index in [9.17, 15) is 0 Å². The maximum atomic E-state index is 5.70. The molecule has 84 valence electrons. The number of aromatic nitrogens is 2. The Bertz CT molecular complexity index is 318. The van der Waals surface area contributed by atoms with Gasteiger partial charge in [-0.15, -0.1) is 33.1 Å².